The Kier molecular flexibility index (Phi) is 3.70. The fourth-order valence-corrected chi connectivity index (χ4v) is 2.67. The number of carbonyl (C=O) groups excluding carboxylic acids is 3. The van der Waals surface area contributed by atoms with Crippen LogP contribution in [0, 0.1) is 12.8 Å². The highest BCUT2D eigenvalue weighted by atomic mass is 16.2. The van der Waals surface area contributed by atoms with E-state index in [-0.39, 0.29) is 18.5 Å². The average Bonchev–Trinajstić information content (AvgIpc) is 3.30. The smallest absolute Gasteiger partial charge is 0.262 e. The molecule has 2 aliphatic rings. The van der Waals surface area contributed by atoms with Crippen molar-refractivity contribution in [1.29, 1.82) is 0 Å². The molecule has 1 aliphatic carbocycles. The molecule has 6 heteroatoms. The number of hydrogen-bond donors (Lipinski definition) is 2. The van der Waals surface area contributed by atoms with E-state index in [0.717, 1.165) is 23.3 Å². The molecule has 1 atom stereocenters. The fraction of sp³-hybridized carbons (Fsp3) is 0.438. The van der Waals surface area contributed by atoms with Gasteiger partial charge in [-0.1, -0.05) is 11.6 Å². The van der Waals surface area contributed by atoms with E-state index in [1.54, 1.807) is 18.2 Å². The summed E-state index contributed by atoms with van der Waals surface area (Å²) in [5, 5.41) is 2.70. The van der Waals surface area contributed by atoms with E-state index < -0.39 is 11.8 Å². The molecule has 3 N–H and O–H groups in total. The first-order valence-corrected chi connectivity index (χ1v) is 7.46. The van der Waals surface area contributed by atoms with Crippen molar-refractivity contribution >= 4 is 17.7 Å². The van der Waals surface area contributed by atoms with E-state index in [1.165, 1.54) is 0 Å². The molecule has 6 nitrogen and oxygen atoms in total. The van der Waals surface area contributed by atoms with Crippen molar-refractivity contribution < 1.29 is 14.4 Å². The quantitative estimate of drug-likeness (QED) is 0.772. The zero-order valence-electron chi connectivity index (χ0n) is 12.5. The van der Waals surface area contributed by atoms with Gasteiger partial charge < -0.3 is 11.1 Å². The van der Waals surface area contributed by atoms with E-state index >= 15 is 0 Å². The minimum Gasteiger partial charge on any atom is -0.353 e. The van der Waals surface area contributed by atoms with E-state index in [0.29, 0.717) is 23.6 Å². The lowest BCUT2D eigenvalue weighted by molar-refractivity contribution is -0.121. The number of benzene rings is 1. The zero-order chi connectivity index (χ0) is 15.9. The maximum atomic E-state index is 12.3. The Morgan fingerprint density at radius 3 is 2.68 bits per heavy atom. The summed E-state index contributed by atoms with van der Waals surface area (Å²) >= 11 is 0. The maximum Gasteiger partial charge on any atom is 0.262 e. The van der Waals surface area contributed by atoms with Gasteiger partial charge in [0.05, 0.1) is 11.1 Å². The highest BCUT2D eigenvalue weighted by molar-refractivity contribution is 6.22. The van der Waals surface area contributed by atoms with E-state index in [9.17, 15) is 14.4 Å². The van der Waals surface area contributed by atoms with Gasteiger partial charge in [0.1, 0.15) is 6.54 Å². The molecule has 1 saturated carbocycles. The molecule has 0 radical (unpaired) electrons. The third-order valence-corrected chi connectivity index (χ3v) is 4.19. The fourth-order valence-electron chi connectivity index (χ4n) is 2.67. The highest BCUT2D eigenvalue weighted by Gasteiger charge is 2.36. The number of nitrogens with zero attached hydrogens (tertiary/aromatic N) is 1. The van der Waals surface area contributed by atoms with Crippen LogP contribution in [-0.4, -0.2) is 41.8 Å². The van der Waals surface area contributed by atoms with Crippen LogP contribution in [0.5, 0.6) is 0 Å². The summed E-state index contributed by atoms with van der Waals surface area (Å²) in [6.45, 7) is 1.97. The van der Waals surface area contributed by atoms with Gasteiger partial charge in [0.2, 0.25) is 5.91 Å². The zero-order valence-corrected chi connectivity index (χ0v) is 12.5. The standard InChI is InChI=1S/C16H19N3O3/c1-9-2-5-11-12(6-9)16(22)19(15(11)21)8-14(20)18-7-13(17)10-3-4-10/h2,5-6,10,13H,3-4,7-8,17H2,1H3,(H,18,20). The molecule has 3 rings (SSSR count). The summed E-state index contributed by atoms with van der Waals surface area (Å²) in [5.74, 6) is -0.697. The topological polar surface area (TPSA) is 92.5 Å². The van der Waals surface area contributed by atoms with Gasteiger partial charge >= 0.3 is 0 Å². The minimum atomic E-state index is -0.415. The second-order valence-corrected chi connectivity index (χ2v) is 6.05. The third kappa shape index (κ3) is 2.74. The molecule has 0 aromatic heterocycles. The number of imide groups is 1. The minimum absolute atomic E-state index is 0.0474. The van der Waals surface area contributed by atoms with Crippen LogP contribution in [0.15, 0.2) is 18.2 Å². The van der Waals surface area contributed by atoms with Gasteiger partial charge in [-0.25, -0.2) is 0 Å². The van der Waals surface area contributed by atoms with Gasteiger partial charge in [0.15, 0.2) is 0 Å². The monoisotopic (exact) mass is 301 g/mol. The number of amides is 3. The predicted octanol–water partition coefficient (Wildman–Crippen LogP) is 0.445. The van der Waals surface area contributed by atoms with Crippen molar-refractivity contribution in [3.8, 4) is 0 Å². The van der Waals surface area contributed by atoms with Crippen LogP contribution in [0.25, 0.3) is 0 Å². The van der Waals surface area contributed by atoms with Crippen LogP contribution in [0.3, 0.4) is 0 Å². The summed E-state index contributed by atoms with van der Waals surface area (Å²) in [4.78, 5) is 37.4. The lowest BCUT2D eigenvalue weighted by atomic mass is 10.1. The number of hydrogen-bond acceptors (Lipinski definition) is 4. The van der Waals surface area contributed by atoms with Crippen molar-refractivity contribution in [2.45, 2.75) is 25.8 Å². The lowest BCUT2D eigenvalue weighted by Gasteiger charge is -2.15. The Labute approximate surface area is 128 Å². The predicted molar refractivity (Wildman–Crippen MR) is 80.3 cm³/mol. The molecule has 116 valence electrons. The van der Waals surface area contributed by atoms with Gasteiger partial charge in [-0.3, -0.25) is 19.3 Å². The van der Waals surface area contributed by atoms with Gasteiger partial charge in [0.25, 0.3) is 11.8 Å². The van der Waals surface area contributed by atoms with Gasteiger partial charge in [-0.2, -0.15) is 0 Å². The van der Waals surface area contributed by atoms with Crippen LogP contribution < -0.4 is 11.1 Å². The number of rotatable bonds is 5. The molecule has 22 heavy (non-hydrogen) atoms. The van der Waals surface area contributed by atoms with Crippen LogP contribution >= 0.6 is 0 Å². The van der Waals surface area contributed by atoms with E-state index in [2.05, 4.69) is 5.32 Å². The normalized spacial score (nSPS) is 18.4. The van der Waals surface area contributed by atoms with Crippen LogP contribution in [0.4, 0.5) is 0 Å². The SMILES string of the molecule is Cc1ccc2c(c1)C(=O)N(CC(=O)NCC(N)C1CC1)C2=O. The first kappa shape index (κ1) is 14.7. The van der Waals surface area contributed by atoms with E-state index in [4.69, 9.17) is 5.73 Å². The molecule has 0 saturated heterocycles. The van der Waals surface area contributed by atoms with Crippen LogP contribution in [0.2, 0.25) is 0 Å². The second kappa shape index (κ2) is 5.53. The Bertz CT molecular complexity index is 652. The van der Waals surface area contributed by atoms with Gasteiger partial charge in [0, 0.05) is 12.6 Å². The Morgan fingerprint density at radius 1 is 1.32 bits per heavy atom. The van der Waals surface area contributed by atoms with Crippen molar-refractivity contribution in [2.24, 2.45) is 11.7 Å². The number of nitrogens with one attached hydrogen (secondary N) is 1. The van der Waals surface area contributed by atoms with Crippen molar-refractivity contribution in [3.63, 3.8) is 0 Å². The average molecular weight is 301 g/mol. The van der Waals surface area contributed by atoms with E-state index in [1.807, 2.05) is 6.92 Å². The molecule has 1 aromatic rings. The highest BCUT2D eigenvalue weighted by Crippen LogP contribution is 2.31. The summed E-state index contributed by atoms with van der Waals surface area (Å²) in [5.41, 5.74) is 7.55. The van der Waals surface area contributed by atoms with Crippen molar-refractivity contribution in [1.82, 2.24) is 10.2 Å². The number of nitrogens with two attached hydrogens (primary N) is 1. The Balaban J connectivity index is 1.62. The molecule has 1 unspecified atom stereocenters. The summed E-state index contributed by atoms with van der Waals surface area (Å²) < 4.78 is 0. The van der Waals surface area contributed by atoms with Crippen molar-refractivity contribution in [2.75, 3.05) is 13.1 Å². The van der Waals surface area contributed by atoms with Crippen LogP contribution in [0.1, 0.15) is 39.1 Å². The molecule has 3 amide bonds. The van der Waals surface area contributed by atoms with Gasteiger partial charge in [-0.05, 0) is 37.8 Å². The third-order valence-electron chi connectivity index (χ3n) is 4.19. The van der Waals surface area contributed by atoms with Gasteiger partial charge in [-0.15, -0.1) is 0 Å². The number of aryl methyl sites for hydroxylation is 1. The first-order valence-electron chi connectivity index (χ1n) is 7.46. The summed E-state index contributed by atoms with van der Waals surface area (Å²) in [7, 11) is 0. The molecule has 1 aromatic carbocycles. The summed E-state index contributed by atoms with van der Waals surface area (Å²) in [6, 6.07) is 5.04. The summed E-state index contributed by atoms with van der Waals surface area (Å²) in [6.07, 6.45) is 2.21. The molecule has 1 heterocycles. The molecule has 0 spiro atoms. The molecular weight excluding hydrogens is 282 g/mol. The Morgan fingerprint density at radius 2 is 2.00 bits per heavy atom. The molecule has 0 bridgehead atoms. The first-order chi connectivity index (χ1) is 10.5. The Hall–Kier alpha value is -2.21. The molecule has 1 fully saturated rings. The largest absolute Gasteiger partial charge is 0.353 e. The number of carbonyl (C=O) groups is 3. The molecule has 1 aliphatic heterocycles. The van der Waals surface area contributed by atoms with Crippen LogP contribution in [-0.2, 0) is 4.79 Å². The van der Waals surface area contributed by atoms with Crippen molar-refractivity contribution in [3.05, 3.63) is 34.9 Å². The number of fused-ring (bicyclic) bond motifs is 1. The maximum absolute atomic E-state index is 12.3. The lowest BCUT2D eigenvalue weighted by Crippen LogP contribution is -2.44. The molecular formula is C16H19N3O3. The second-order valence-electron chi connectivity index (χ2n) is 6.05.